The van der Waals surface area contributed by atoms with E-state index >= 15 is 0 Å². The molecule has 110 valence electrons. The van der Waals surface area contributed by atoms with Crippen molar-refractivity contribution in [2.45, 2.75) is 45.1 Å². The van der Waals surface area contributed by atoms with Crippen molar-refractivity contribution in [1.29, 1.82) is 0 Å². The lowest BCUT2D eigenvalue weighted by Crippen LogP contribution is -2.40. The van der Waals surface area contributed by atoms with Crippen LogP contribution in [0.2, 0.25) is 0 Å². The van der Waals surface area contributed by atoms with Crippen LogP contribution in [-0.4, -0.2) is 36.5 Å². The molecule has 0 unspecified atom stereocenters. The molecule has 0 bridgehead atoms. The standard InChI is InChI=1S/C17H26N2O/c1-14(16-8-4-3-5-9-16)12-17(20)18-13-15(2)19-10-6-7-11-19/h3-5,8-9,14-15H,6-7,10-13H2,1-2H3,(H,18,20)/t14-,15+/m1/s1. The zero-order valence-corrected chi connectivity index (χ0v) is 12.6. The third-order valence-corrected chi connectivity index (χ3v) is 4.22. The van der Waals surface area contributed by atoms with Gasteiger partial charge in [0.1, 0.15) is 0 Å². The molecule has 0 saturated carbocycles. The average molecular weight is 274 g/mol. The Morgan fingerprint density at radius 3 is 2.50 bits per heavy atom. The Kier molecular flexibility index (Phi) is 5.60. The quantitative estimate of drug-likeness (QED) is 0.865. The summed E-state index contributed by atoms with van der Waals surface area (Å²) in [5, 5.41) is 3.08. The number of amides is 1. The van der Waals surface area contributed by atoms with Gasteiger partial charge in [-0.3, -0.25) is 9.69 Å². The molecule has 1 heterocycles. The summed E-state index contributed by atoms with van der Waals surface area (Å²) in [6.07, 6.45) is 3.16. The molecular weight excluding hydrogens is 248 g/mol. The van der Waals surface area contributed by atoms with E-state index in [1.54, 1.807) is 0 Å². The van der Waals surface area contributed by atoms with E-state index in [9.17, 15) is 4.79 Å². The third kappa shape index (κ3) is 4.34. The van der Waals surface area contributed by atoms with E-state index in [-0.39, 0.29) is 11.8 Å². The van der Waals surface area contributed by atoms with E-state index in [1.165, 1.54) is 31.5 Å². The Labute approximate surface area is 122 Å². The second kappa shape index (κ2) is 7.44. The molecule has 0 aliphatic carbocycles. The van der Waals surface area contributed by atoms with Gasteiger partial charge in [-0.25, -0.2) is 0 Å². The van der Waals surface area contributed by atoms with Crippen LogP contribution in [0.25, 0.3) is 0 Å². The lowest BCUT2D eigenvalue weighted by Gasteiger charge is -2.24. The predicted octanol–water partition coefficient (Wildman–Crippen LogP) is 2.78. The van der Waals surface area contributed by atoms with E-state index < -0.39 is 0 Å². The Morgan fingerprint density at radius 2 is 1.85 bits per heavy atom. The van der Waals surface area contributed by atoms with E-state index in [0.717, 1.165) is 6.54 Å². The third-order valence-electron chi connectivity index (χ3n) is 4.22. The van der Waals surface area contributed by atoms with Crippen LogP contribution in [0.1, 0.15) is 44.6 Å². The highest BCUT2D eigenvalue weighted by Gasteiger charge is 2.18. The number of nitrogens with zero attached hydrogens (tertiary/aromatic N) is 1. The molecule has 1 amide bonds. The first-order chi connectivity index (χ1) is 9.66. The largest absolute Gasteiger partial charge is 0.355 e. The maximum absolute atomic E-state index is 12.0. The molecule has 1 aliphatic rings. The molecule has 1 saturated heterocycles. The molecule has 1 N–H and O–H groups in total. The highest BCUT2D eigenvalue weighted by molar-refractivity contribution is 5.76. The number of nitrogens with one attached hydrogen (secondary N) is 1. The summed E-state index contributed by atoms with van der Waals surface area (Å²) >= 11 is 0. The molecule has 2 rings (SSSR count). The SMILES string of the molecule is C[C@H](CC(=O)NC[C@H](C)N1CCCC1)c1ccccc1. The normalized spacial score (nSPS) is 18.7. The second-order valence-corrected chi connectivity index (χ2v) is 5.91. The van der Waals surface area contributed by atoms with Gasteiger partial charge in [-0.2, -0.15) is 0 Å². The first kappa shape index (κ1) is 15.0. The maximum Gasteiger partial charge on any atom is 0.220 e. The van der Waals surface area contributed by atoms with Gasteiger partial charge < -0.3 is 5.32 Å². The van der Waals surface area contributed by atoms with Crippen molar-refractivity contribution in [3.05, 3.63) is 35.9 Å². The van der Waals surface area contributed by atoms with E-state index in [1.807, 2.05) is 18.2 Å². The van der Waals surface area contributed by atoms with Gasteiger partial charge in [0.15, 0.2) is 0 Å². The number of hydrogen-bond donors (Lipinski definition) is 1. The average Bonchev–Trinajstić information content (AvgIpc) is 3.00. The van der Waals surface area contributed by atoms with Gasteiger partial charge in [0, 0.05) is 19.0 Å². The highest BCUT2D eigenvalue weighted by atomic mass is 16.1. The summed E-state index contributed by atoms with van der Waals surface area (Å²) in [6, 6.07) is 10.7. The predicted molar refractivity (Wildman–Crippen MR) is 82.8 cm³/mol. The van der Waals surface area contributed by atoms with Crippen LogP contribution in [-0.2, 0) is 4.79 Å². The molecule has 3 heteroatoms. The summed E-state index contributed by atoms with van der Waals surface area (Å²) in [7, 11) is 0. The topological polar surface area (TPSA) is 32.3 Å². The van der Waals surface area contributed by atoms with E-state index in [4.69, 9.17) is 0 Å². The summed E-state index contributed by atoms with van der Waals surface area (Å²) < 4.78 is 0. The number of likely N-dealkylation sites (tertiary alicyclic amines) is 1. The number of carbonyl (C=O) groups excluding carboxylic acids is 1. The van der Waals surface area contributed by atoms with E-state index in [2.05, 4.69) is 36.2 Å². The number of rotatable bonds is 6. The van der Waals surface area contributed by atoms with Crippen molar-refractivity contribution in [2.24, 2.45) is 0 Å². The van der Waals surface area contributed by atoms with Gasteiger partial charge in [-0.1, -0.05) is 37.3 Å². The molecule has 1 fully saturated rings. The van der Waals surface area contributed by atoms with Crippen LogP contribution in [0.4, 0.5) is 0 Å². The van der Waals surface area contributed by atoms with Crippen molar-refractivity contribution in [1.82, 2.24) is 10.2 Å². The van der Waals surface area contributed by atoms with Crippen LogP contribution >= 0.6 is 0 Å². The lowest BCUT2D eigenvalue weighted by atomic mass is 9.97. The monoisotopic (exact) mass is 274 g/mol. The van der Waals surface area contributed by atoms with Gasteiger partial charge in [-0.15, -0.1) is 0 Å². The van der Waals surface area contributed by atoms with Crippen molar-refractivity contribution in [2.75, 3.05) is 19.6 Å². The molecular formula is C17H26N2O. The Bertz CT molecular complexity index is 412. The molecule has 0 spiro atoms. The molecule has 2 atom stereocenters. The molecule has 1 aromatic carbocycles. The Hall–Kier alpha value is -1.35. The first-order valence-electron chi connectivity index (χ1n) is 7.72. The van der Waals surface area contributed by atoms with Gasteiger partial charge in [-0.05, 0) is 44.3 Å². The summed E-state index contributed by atoms with van der Waals surface area (Å²) in [5.74, 6) is 0.436. The fourth-order valence-electron chi connectivity index (χ4n) is 2.82. The fourth-order valence-corrected chi connectivity index (χ4v) is 2.82. The van der Waals surface area contributed by atoms with Crippen LogP contribution in [0.3, 0.4) is 0 Å². The lowest BCUT2D eigenvalue weighted by molar-refractivity contribution is -0.121. The van der Waals surface area contributed by atoms with Gasteiger partial charge >= 0.3 is 0 Å². The van der Waals surface area contributed by atoms with Crippen LogP contribution in [0.5, 0.6) is 0 Å². The summed E-state index contributed by atoms with van der Waals surface area (Å²) in [6.45, 7) is 7.43. The minimum atomic E-state index is 0.160. The van der Waals surface area contributed by atoms with Gasteiger partial charge in [0.05, 0.1) is 0 Å². The fraction of sp³-hybridized carbons (Fsp3) is 0.588. The van der Waals surface area contributed by atoms with Crippen molar-refractivity contribution in [3.63, 3.8) is 0 Å². The molecule has 0 aromatic heterocycles. The minimum absolute atomic E-state index is 0.160. The van der Waals surface area contributed by atoms with Gasteiger partial charge in [0.25, 0.3) is 0 Å². The first-order valence-corrected chi connectivity index (χ1v) is 7.72. The van der Waals surface area contributed by atoms with Crippen molar-refractivity contribution < 1.29 is 4.79 Å². The van der Waals surface area contributed by atoms with E-state index in [0.29, 0.717) is 12.5 Å². The molecule has 1 aromatic rings. The molecule has 3 nitrogen and oxygen atoms in total. The number of hydrogen-bond acceptors (Lipinski definition) is 2. The Morgan fingerprint density at radius 1 is 1.20 bits per heavy atom. The van der Waals surface area contributed by atoms with Crippen LogP contribution in [0.15, 0.2) is 30.3 Å². The second-order valence-electron chi connectivity index (χ2n) is 5.91. The minimum Gasteiger partial charge on any atom is -0.355 e. The summed E-state index contributed by atoms with van der Waals surface area (Å²) in [5.41, 5.74) is 1.23. The maximum atomic E-state index is 12.0. The molecule has 20 heavy (non-hydrogen) atoms. The molecule has 1 aliphatic heterocycles. The van der Waals surface area contributed by atoms with Gasteiger partial charge in [0.2, 0.25) is 5.91 Å². The number of carbonyl (C=O) groups is 1. The zero-order chi connectivity index (χ0) is 14.4. The Balaban J connectivity index is 1.72. The van der Waals surface area contributed by atoms with Crippen molar-refractivity contribution >= 4 is 5.91 Å². The zero-order valence-electron chi connectivity index (χ0n) is 12.6. The smallest absolute Gasteiger partial charge is 0.220 e. The number of benzene rings is 1. The molecule has 0 radical (unpaired) electrons. The van der Waals surface area contributed by atoms with Crippen LogP contribution < -0.4 is 5.32 Å². The highest BCUT2D eigenvalue weighted by Crippen LogP contribution is 2.18. The van der Waals surface area contributed by atoms with Crippen molar-refractivity contribution in [3.8, 4) is 0 Å². The summed E-state index contributed by atoms with van der Waals surface area (Å²) in [4.78, 5) is 14.5. The van der Waals surface area contributed by atoms with Crippen LogP contribution in [0, 0.1) is 0 Å².